The molecule has 0 unspecified atom stereocenters. The molecule has 0 radical (unpaired) electrons. The summed E-state index contributed by atoms with van der Waals surface area (Å²) < 4.78 is 5.79. The predicted molar refractivity (Wildman–Crippen MR) is 85.7 cm³/mol. The van der Waals surface area contributed by atoms with Gasteiger partial charge < -0.3 is 10.1 Å². The standard InChI is InChI=1S/C17H20ClNO/c1-3-10-20-17-11-13(2)8-9-16(17)19-12-14-6-4-5-7-15(14)18/h4-9,11,19H,3,10,12H2,1-2H3. The summed E-state index contributed by atoms with van der Waals surface area (Å²) in [6.07, 6.45) is 0.998. The summed E-state index contributed by atoms with van der Waals surface area (Å²) in [7, 11) is 0. The van der Waals surface area contributed by atoms with Crippen molar-refractivity contribution in [2.45, 2.75) is 26.8 Å². The van der Waals surface area contributed by atoms with Gasteiger partial charge in [0.25, 0.3) is 0 Å². The van der Waals surface area contributed by atoms with E-state index >= 15 is 0 Å². The highest BCUT2D eigenvalue weighted by molar-refractivity contribution is 6.31. The predicted octanol–water partition coefficient (Wildman–Crippen LogP) is 5.05. The van der Waals surface area contributed by atoms with Gasteiger partial charge in [-0.15, -0.1) is 0 Å². The molecule has 0 heterocycles. The van der Waals surface area contributed by atoms with Crippen LogP contribution in [0.25, 0.3) is 0 Å². The van der Waals surface area contributed by atoms with Gasteiger partial charge >= 0.3 is 0 Å². The van der Waals surface area contributed by atoms with Crippen molar-refractivity contribution >= 4 is 17.3 Å². The molecule has 0 aliphatic rings. The molecule has 2 aromatic rings. The Hall–Kier alpha value is -1.67. The Bertz CT molecular complexity index is 569. The van der Waals surface area contributed by atoms with Crippen LogP contribution in [-0.4, -0.2) is 6.61 Å². The summed E-state index contributed by atoms with van der Waals surface area (Å²) in [6.45, 7) is 5.58. The molecule has 0 bridgehead atoms. The second-order valence-electron chi connectivity index (χ2n) is 4.79. The van der Waals surface area contributed by atoms with Crippen molar-refractivity contribution in [3.05, 3.63) is 58.6 Å². The van der Waals surface area contributed by atoms with Gasteiger partial charge in [-0.25, -0.2) is 0 Å². The number of aryl methyl sites for hydroxylation is 1. The van der Waals surface area contributed by atoms with Crippen LogP contribution in [0.2, 0.25) is 5.02 Å². The molecule has 0 aromatic heterocycles. The van der Waals surface area contributed by atoms with Crippen LogP contribution in [0.4, 0.5) is 5.69 Å². The zero-order chi connectivity index (χ0) is 14.4. The molecule has 0 saturated heterocycles. The third-order valence-electron chi connectivity index (χ3n) is 3.03. The Morgan fingerprint density at radius 2 is 1.95 bits per heavy atom. The van der Waals surface area contributed by atoms with Crippen LogP contribution in [-0.2, 0) is 6.54 Å². The number of rotatable bonds is 6. The van der Waals surface area contributed by atoms with E-state index in [1.54, 1.807) is 0 Å². The quantitative estimate of drug-likeness (QED) is 0.803. The zero-order valence-corrected chi connectivity index (χ0v) is 12.7. The molecule has 0 aliphatic carbocycles. The molecule has 0 aliphatic heterocycles. The molecular formula is C17H20ClNO. The molecule has 20 heavy (non-hydrogen) atoms. The third kappa shape index (κ3) is 3.91. The minimum atomic E-state index is 0.686. The number of ether oxygens (including phenoxy) is 1. The van der Waals surface area contributed by atoms with E-state index in [1.165, 1.54) is 5.56 Å². The number of anilines is 1. The monoisotopic (exact) mass is 289 g/mol. The minimum absolute atomic E-state index is 0.686. The van der Waals surface area contributed by atoms with Crippen LogP contribution in [0, 0.1) is 6.92 Å². The summed E-state index contributed by atoms with van der Waals surface area (Å²) in [6, 6.07) is 14.0. The lowest BCUT2D eigenvalue weighted by Gasteiger charge is -2.14. The van der Waals surface area contributed by atoms with E-state index < -0.39 is 0 Å². The fourth-order valence-corrected chi connectivity index (χ4v) is 2.14. The lowest BCUT2D eigenvalue weighted by molar-refractivity contribution is 0.318. The largest absolute Gasteiger partial charge is 0.491 e. The Labute approximate surface area is 125 Å². The average Bonchev–Trinajstić information content (AvgIpc) is 2.45. The van der Waals surface area contributed by atoms with E-state index in [-0.39, 0.29) is 0 Å². The van der Waals surface area contributed by atoms with Crippen molar-refractivity contribution in [1.29, 1.82) is 0 Å². The molecule has 0 atom stereocenters. The number of hydrogen-bond acceptors (Lipinski definition) is 2. The van der Waals surface area contributed by atoms with Crippen molar-refractivity contribution in [1.82, 2.24) is 0 Å². The smallest absolute Gasteiger partial charge is 0.142 e. The van der Waals surface area contributed by atoms with Gasteiger partial charge in [0.1, 0.15) is 5.75 Å². The molecule has 0 amide bonds. The molecule has 0 spiro atoms. The molecule has 3 heteroatoms. The Kier molecular flexibility index (Phi) is 5.31. The third-order valence-corrected chi connectivity index (χ3v) is 3.39. The number of hydrogen-bond donors (Lipinski definition) is 1. The molecular weight excluding hydrogens is 270 g/mol. The van der Waals surface area contributed by atoms with Crippen molar-refractivity contribution in [2.75, 3.05) is 11.9 Å². The SMILES string of the molecule is CCCOc1cc(C)ccc1NCc1ccccc1Cl. The summed E-state index contributed by atoms with van der Waals surface area (Å²) in [5, 5.41) is 4.18. The van der Waals surface area contributed by atoms with Crippen LogP contribution < -0.4 is 10.1 Å². The van der Waals surface area contributed by atoms with Crippen molar-refractivity contribution in [3.63, 3.8) is 0 Å². The summed E-state index contributed by atoms with van der Waals surface area (Å²) in [5.41, 5.74) is 3.28. The number of nitrogens with one attached hydrogen (secondary N) is 1. The summed E-state index contributed by atoms with van der Waals surface area (Å²) in [5.74, 6) is 0.902. The number of benzene rings is 2. The van der Waals surface area contributed by atoms with Gasteiger partial charge in [-0.3, -0.25) is 0 Å². The molecule has 2 rings (SSSR count). The summed E-state index contributed by atoms with van der Waals surface area (Å²) in [4.78, 5) is 0. The zero-order valence-electron chi connectivity index (χ0n) is 11.9. The topological polar surface area (TPSA) is 21.3 Å². The van der Waals surface area contributed by atoms with Crippen LogP contribution >= 0.6 is 11.6 Å². The van der Waals surface area contributed by atoms with Gasteiger partial charge in [-0.1, -0.05) is 42.8 Å². The number of halogens is 1. The van der Waals surface area contributed by atoms with E-state index in [0.717, 1.165) is 35.1 Å². The van der Waals surface area contributed by atoms with Crippen molar-refractivity contribution in [3.8, 4) is 5.75 Å². The lowest BCUT2D eigenvalue weighted by Crippen LogP contribution is -2.04. The molecule has 106 valence electrons. The minimum Gasteiger partial charge on any atom is -0.491 e. The second-order valence-corrected chi connectivity index (χ2v) is 5.20. The van der Waals surface area contributed by atoms with Crippen LogP contribution in [0.15, 0.2) is 42.5 Å². The Morgan fingerprint density at radius 1 is 1.15 bits per heavy atom. The second kappa shape index (κ2) is 7.20. The molecule has 0 saturated carbocycles. The van der Waals surface area contributed by atoms with Crippen LogP contribution in [0.5, 0.6) is 5.75 Å². The van der Waals surface area contributed by atoms with Crippen molar-refractivity contribution < 1.29 is 4.74 Å². The fourth-order valence-electron chi connectivity index (χ4n) is 1.94. The maximum Gasteiger partial charge on any atom is 0.142 e. The van der Waals surface area contributed by atoms with Crippen LogP contribution in [0.1, 0.15) is 24.5 Å². The molecule has 0 fully saturated rings. The van der Waals surface area contributed by atoms with Gasteiger partial charge in [0, 0.05) is 11.6 Å². The van der Waals surface area contributed by atoms with Gasteiger partial charge in [-0.2, -0.15) is 0 Å². The van der Waals surface area contributed by atoms with Crippen LogP contribution in [0.3, 0.4) is 0 Å². The average molecular weight is 290 g/mol. The first-order valence-electron chi connectivity index (χ1n) is 6.91. The molecule has 2 nitrogen and oxygen atoms in total. The first-order valence-corrected chi connectivity index (χ1v) is 7.29. The highest BCUT2D eigenvalue weighted by Gasteiger charge is 2.05. The maximum atomic E-state index is 6.17. The highest BCUT2D eigenvalue weighted by Crippen LogP contribution is 2.27. The molecule has 1 N–H and O–H groups in total. The lowest BCUT2D eigenvalue weighted by atomic mass is 10.2. The molecule has 2 aromatic carbocycles. The van der Waals surface area contributed by atoms with E-state index in [0.29, 0.717) is 6.54 Å². The van der Waals surface area contributed by atoms with Gasteiger partial charge in [0.15, 0.2) is 0 Å². The van der Waals surface area contributed by atoms with E-state index in [9.17, 15) is 0 Å². The maximum absolute atomic E-state index is 6.17. The first-order chi connectivity index (χ1) is 9.70. The van der Waals surface area contributed by atoms with E-state index in [4.69, 9.17) is 16.3 Å². The van der Waals surface area contributed by atoms with Gasteiger partial charge in [0.05, 0.1) is 12.3 Å². The fraction of sp³-hybridized carbons (Fsp3) is 0.294. The van der Waals surface area contributed by atoms with E-state index in [1.807, 2.05) is 24.3 Å². The van der Waals surface area contributed by atoms with Gasteiger partial charge in [0.2, 0.25) is 0 Å². The Balaban J connectivity index is 2.10. The first kappa shape index (κ1) is 14.7. The van der Waals surface area contributed by atoms with Crippen molar-refractivity contribution in [2.24, 2.45) is 0 Å². The van der Waals surface area contributed by atoms with Gasteiger partial charge in [-0.05, 0) is 42.7 Å². The summed E-state index contributed by atoms with van der Waals surface area (Å²) >= 11 is 6.17. The Morgan fingerprint density at radius 3 is 2.70 bits per heavy atom. The normalized spacial score (nSPS) is 10.3. The van der Waals surface area contributed by atoms with E-state index in [2.05, 4.69) is 37.4 Å². The highest BCUT2D eigenvalue weighted by atomic mass is 35.5.